The van der Waals surface area contributed by atoms with Crippen LogP contribution < -0.4 is 0 Å². The van der Waals surface area contributed by atoms with Gasteiger partial charge in [-0.15, -0.1) is 6.58 Å². The number of rotatable bonds is 5. The maximum atomic E-state index is 13.8. The van der Waals surface area contributed by atoms with E-state index in [1.54, 1.807) is 25.4 Å². The second-order valence-electron chi connectivity index (χ2n) is 13.8. The molecule has 1 saturated carbocycles. The summed E-state index contributed by atoms with van der Waals surface area (Å²) in [5, 5.41) is 0. The van der Waals surface area contributed by atoms with Crippen LogP contribution >= 0.6 is 0 Å². The normalized spacial score (nSPS) is 30.8. The molecule has 250 valence electrons. The Bertz CT molecular complexity index is 1310. The number of carbonyl (C=O) groups excluding carboxylic acids is 5. The Labute approximate surface area is 273 Å². The Morgan fingerprint density at radius 1 is 1.07 bits per heavy atom. The minimum atomic E-state index is -0.998. The number of aromatic nitrogens is 1. The van der Waals surface area contributed by atoms with Crippen LogP contribution in [-0.2, 0) is 39.9 Å². The molecule has 1 saturated heterocycles. The number of carbonyl (C=O) groups is 5. The quantitative estimate of drug-likeness (QED) is 0.228. The number of hydrogen-bond donors (Lipinski definition) is 0. The first-order valence-electron chi connectivity index (χ1n) is 17.0. The molecule has 46 heavy (non-hydrogen) atoms. The zero-order valence-electron chi connectivity index (χ0n) is 27.7. The third-order valence-corrected chi connectivity index (χ3v) is 10.0. The Kier molecular flexibility index (Phi) is 12.5. The number of cyclic esters (lactones) is 2. The van der Waals surface area contributed by atoms with Gasteiger partial charge in [0.05, 0.1) is 12.5 Å². The molecule has 6 atom stereocenters. The first kappa shape index (κ1) is 35.2. The Morgan fingerprint density at radius 2 is 1.87 bits per heavy atom. The van der Waals surface area contributed by atoms with Crippen molar-refractivity contribution in [1.29, 1.82) is 0 Å². The third kappa shape index (κ3) is 9.01. The van der Waals surface area contributed by atoms with Gasteiger partial charge in [-0.2, -0.15) is 0 Å². The number of nitrogens with zero attached hydrogens (tertiary/aromatic N) is 2. The van der Waals surface area contributed by atoms with Crippen molar-refractivity contribution in [1.82, 2.24) is 9.88 Å². The minimum Gasteiger partial charge on any atom is -0.465 e. The number of aryl methyl sites for hydroxylation is 1. The van der Waals surface area contributed by atoms with Crippen LogP contribution in [0.25, 0.3) is 0 Å². The molecule has 0 aromatic carbocycles. The molecule has 9 heteroatoms. The topological polar surface area (TPSA) is 120 Å². The lowest BCUT2D eigenvalue weighted by atomic mass is 9.82. The summed E-state index contributed by atoms with van der Waals surface area (Å²) in [5.41, 5.74) is 0.694. The smallest absolute Gasteiger partial charge is 0.329 e. The van der Waals surface area contributed by atoms with Gasteiger partial charge in [-0.1, -0.05) is 39.0 Å². The van der Waals surface area contributed by atoms with Crippen molar-refractivity contribution >= 4 is 29.4 Å². The maximum absolute atomic E-state index is 13.8. The highest BCUT2D eigenvalue weighted by molar-refractivity contribution is 6.38. The number of amides is 1. The fraction of sp³-hybridized carbons (Fsp3) is 0.622. The number of pyridine rings is 1. The molecular weight excluding hydrogens is 584 g/mol. The summed E-state index contributed by atoms with van der Waals surface area (Å²) >= 11 is 0. The molecule has 0 radical (unpaired) electrons. The van der Waals surface area contributed by atoms with Crippen LogP contribution in [0.5, 0.6) is 0 Å². The number of fused-ring (bicyclic) bond motifs is 3. The van der Waals surface area contributed by atoms with Crippen LogP contribution in [0.4, 0.5) is 0 Å². The van der Waals surface area contributed by atoms with Crippen LogP contribution in [0, 0.1) is 23.2 Å². The number of esters is 2. The highest BCUT2D eigenvalue weighted by atomic mass is 16.5. The number of ketones is 2. The van der Waals surface area contributed by atoms with Gasteiger partial charge in [-0.25, -0.2) is 4.79 Å². The molecule has 2 aliphatic heterocycles. The summed E-state index contributed by atoms with van der Waals surface area (Å²) in [4.78, 5) is 73.2. The summed E-state index contributed by atoms with van der Waals surface area (Å²) in [5.74, 6) is -2.69. The van der Waals surface area contributed by atoms with Crippen molar-refractivity contribution in [3.63, 3.8) is 0 Å². The maximum Gasteiger partial charge on any atom is 0.329 e. The minimum absolute atomic E-state index is 0.00291. The Morgan fingerprint density at radius 3 is 2.61 bits per heavy atom. The molecule has 2 fully saturated rings. The molecule has 4 rings (SSSR count). The zero-order valence-corrected chi connectivity index (χ0v) is 27.7. The number of ether oxygens (including phenoxy) is 2. The molecule has 3 heterocycles. The molecule has 1 aromatic heterocycles. The average molecular weight is 635 g/mol. The van der Waals surface area contributed by atoms with E-state index in [-0.39, 0.29) is 43.0 Å². The van der Waals surface area contributed by atoms with Crippen LogP contribution in [0.1, 0.15) is 97.0 Å². The van der Waals surface area contributed by atoms with E-state index in [0.717, 1.165) is 12.0 Å². The summed E-state index contributed by atoms with van der Waals surface area (Å²) in [6.45, 7) is 10.1. The van der Waals surface area contributed by atoms with E-state index in [9.17, 15) is 24.0 Å². The van der Waals surface area contributed by atoms with Gasteiger partial charge in [0.25, 0.3) is 5.91 Å². The molecule has 9 nitrogen and oxygen atoms in total. The molecule has 0 N–H and O–H groups in total. The average Bonchev–Trinajstić information content (AvgIpc) is 3.47. The largest absolute Gasteiger partial charge is 0.465 e. The van der Waals surface area contributed by atoms with Crippen LogP contribution in [0.15, 0.2) is 48.8 Å². The highest BCUT2D eigenvalue weighted by Crippen LogP contribution is 2.43. The van der Waals surface area contributed by atoms with Gasteiger partial charge in [-0.05, 0) is 99.7 Å². The van der Waals surface area contributed by atoms with Crippen molar-refractivity contribution in [2.75, 3.05) is 13.2 Å². The van der Waals surface area contributed by atoms with Crippen molar-refractivity contribution in [2.45, 2.75) is 110 Å². The Balaban J connectivity index is 1.61. The molecule has 1 aromatic rings. The van der Waals surface area contributed by atoms with E-state index in [2.05, 4.69) is 11.6 Å². The van der Waals surface area contributed by atoms with Gasteiger partial charge in [0, 0.05) is 30.8 Å². The van der Waals surface area contributed by atoms with E-state index in [1.165, 1.54) is 4.90 Å². The molecule has 3 unspecified atom stereocenters. The van der Waals surface area contributed by atoms with Gasteiger partial charge in [0.15, 0.2) is 5.78 Å². The molecule has 2 bridgehead atoms. The molecule has 1 amide bonds. The standard InChI is InChI=1S/C37H50N2O7/c1-5-9-28-22-25(2)17-21-45-35(43)29-16-18-37(4,23-29)33(41)34(42)39-20-7-6-11-30(39)36(44)46-32(26(3)12-14-31(28)40)15-13-27-10-8-19-38-24-27/h5,8,10,19,22,24-26,29-30,32H,1,6-7,9,11-18,20-21,23H2,2-4H3/t25?,26?,29?,30-,32+,37-/m0/s1. The van der Waals surface area contributed by atoms with Gasteiger partial charge >= 0.3 is 11.9 Å². The summed E-state index contributed by atoms with van der Waals surface area (Å²) in [7, 11) is 0. The van der Waals surface area contributed by atoms with Gasteiger partial charge in [-0.3, -0.25) is 24.2 Å². The summed E-state index contributed by atoms with van der Waals surface area (Å²) in [6, 6.07) is 2.99. The lowest BCUT2D eigenvalue weighted by molar-refractivity contribution is -0.166. The SMILES string of the molecule is C=CCC1=CC(C)CCOC(=O)C2CC[C@@](C)(C2)C(=O)C(=O)N2CCCC[C@H]2C(=O)O[C@H](CCc2cccnc2)C(C)CCC1=O. The lowest BCUT2D eigenvalue weighted by Gasteiger charge is -2.36. The fourth-order valence-corrected chi connectivity index (χ4v) is 7.02. The van der Waals surface area contributed by atoms with Gasteiger partial charge < -0.3 is 14.4 Å². The second kappa shape index (κ2) is 16.3. The number of allylic oxidation sites excluding steroid dienone is 3. The van der Waals surface area contributed by atoms with Crippen LogP contribution in [-0.4, -0.2) is 64.6 Å². The van der Waals surface area contributed by atoms with E-state index >= 15 is 0 Å². The number of Topliss-reactive ketones (excluding diaryl/α,β-unsaturated/α-hetero) is 2. The van der Waals surface area contributed by atoms with Gasteiger partial charge in [0.2, 0.25) is 5.78 Å². The Hall–Kier alpha value is -3.62. The first-order chi connectivity index (χ1) is 22.0. The highest BCUT2D eigenvalue weighted by Gasteiger charge is 2.49. The van der Waals surface area contributed by atoms with E-state index in [4.69, 9.17) is 9.47 Å². The lowest BCUT2D eigenvalue weighted by Crippen LogP contribution is -2.53. The zero-order chi connectivity index (χ0) is 33.3. The summed E-state index contributed by atoms with van der Waals surface area (Å²) < 4.78 is 11.8. The first-order valence-corrected chi connectivity index (χ1v) is 17.0. The van der Waals surface area contributed by atoms with Gasteiger partial charge in [0.1, 0.15) is 12.1 Å². The van der Waals surface area contributed by atoms with E-state index in [1.807, 2.05) is 32.1 Å². The number of hydrogen-bond acceptors (Lipinski definition) is 8. The number of piperidine rings is 1. The monoisotopic (exact) mass is 634 g/mol. The van der Waals surface area contributed by atoms with Crippen LogP contribution in [0.2, 0.25) is 0 Å². The summed E-state index contributed by atoms with van der Waals surface area (Å²) in [6.07, 6.45) is 12.6. The van der Waals surface area contributed by atoms with Crippen molar-refractivity contribution in [2.24, 2.45) is 23.2 Å². The van der Waals surface area contributed by atoms with E-state index in [0.29, 0.717) is 69.9 Å². The molecule has 0 spiro atoms. The van der Waals surface area contributed by atoms with Crippen molar-refractivity contribution in [3.05, 3.63) is 54.4 Å². The van der Waals surface area contributed by atoms with E-state index < -0.39 is 41.1 Å². The second-order valence-corrected chi connectivity index (χ2v) is 13.8. The molecule has 1 aliphatic carbocycles. The van der Waals surface area contributed by atoms with Crippen molar-refractivity contribution < 1.29 is 33.4 Å². The predicted molar refractivity (Wildman–Crippen MR) is 173 cm³/mol. The third-order valence-electron chi connectivity index (χ3n) is 10.0. The fourth-order valence-electron chi connectivity index (χ4n) is 7.02. The molecule has 3 aliphatic rings. The van der Waals surface area contributed by atoms with Crippen molar-refractivity contribution in [3.8, 4) is 0 Å². The molecular formula is C37H50N2O7. The van der Waals surface area contributed by atoms with Crippen LogP contribution in [0.3, 0.4) is 0 Å². The predicted octanol–water partition coefficient (Wildman–Crippen LogP) is 5.75.